The molecular formula is C21H23N5O. The fraction of sp³-hybridized carbons (Fsp3) is 0.333. The van der Waals surface area contributed by atoms with Crippen molar-refractivity contribution in [1.82, 2.24) is 24.4 Å². The van der Waals surface area contributed by atoms with Crippen LogP contribution in [0.15, 0.2) is 48.9 Å². The number of carbonyl (C=O) groups excluding carboxylic acids is 1. The van der Waals surface area contributed by atoms with E-state index in [9.17, 15) is 4.79 Å². The zero-order valence-electron chi connectivity index (χ0n) is 15.7. The molecule has 4 rings (SSSR count). The number of piperidine rings is 1. The molecule has 6 nitrogen and oxygen atoms in total. The van der Waals surface area contributed by atoms with Gasteiger partial charge < -0.3 is 9.47 Å². The Hall–Kier alpha value is -3.02. The van der Waals surface area contributed by atoms with Gasteiger partial charge >= 0.3 is 0 Å². The highest BCUT2D eigenvalue weighted by atomic mass is 16.2. The number of rotatable bonds is 3. The Kier molecular flexibility index (Phi) is 4.71. The largest absolute Gasteiger partial charge is 0.338 e. The first-order chi connectivity index (χ1) is 13.1. The molecule has 1 fully saturated rings. The smallest absolute Gasteiger partial charge is 0.257 e. The van der Waals surface area contributed by atoms with Gasteiger partial charge in [-0.15, -0.1) is 0 Å². The van der Waals surface area contributed by atoms with Gasteiger partial charge in [-0.25, -0.2) is 15.0 Å². The maximum atomic E-state index is 13.1. The lowest BCUT2D eigenvalue weighted by molar-refractivity contribution is 0.0702. The average Bonchev–Trinajstić information content (AvgIpc) is 3.14. The summed E-state index contributed by atoms with van der Waals surface area (Å²) < 4.78 is 2.04. The van der Waals surface area contributed by atoms with Crippen molar-refractivity contribution < 1.29 is 4.79 Å². The molecule has 3 heterocycles. The fourth-order valence-corrected chi connectivity index (χ4v) is 3.72. The Morgan fingerprint density at radius 2 is 2.00 bits per heavy atom. The average molecular weight is 361 g/mol. The molecule has 0 aliphatic carbocycles. The molecule has 0 radical (unpaired) electrons. The Morgan fingerprint density at radius 3 is 2.70 bits per heavy atom. The van der Waals surface area contributed by atoms with Crippen molar-refractivity contribution in [2.45, 2.75) is 25.7 Å². The highest BCUT2D eigenvalue weighted by molar-refractivity contribution is 5.95. The minimum Gasteiger partial charge on any atom is -0.338 e. The predicted octanol–water partition coefficient (Wildman–Crippen LogP) is 3.21. The van der Waals surface area contributed by atoms with Crippen LogP contribution < -0.4 is 0 Å². The van der Waals surface area contributed by atoms with E-state index in [-0.39, 0.29) is 11.8 Å². The lowest BCUT2D eigenvalue weighted by Gasteiger charge is -2.32. The third-order valence-corrected chi connectivity index (χ3v) is 5.17. The van der Waals surface area contributed by atoms with Crippen LogP contribution >= 0.6 is 0 Å². The molecule has 1 saturated heterocycles. The van der Waals surface area contributed by atoms with Crippen molar-refractivity contribution in [3.63, 3.8) is 0 Å². The molecule has 1 aromatic carbocycles. The van der Waals surface area contributed by atoms with Gasteiger partial charge in [-0.05, 0) is 19.8 Å². The summed E-state index contributed by atoms with van der Waals surface area (Å²) in [4.78, 5) is 28.5. The molecule has 0 spiro atoms. The fourth-order valence-electron chi connectivity index (χ4n) is 3.72. The third kappa shape index (κ3) is 3.47. The second kappa shape index (κ2) is 7.31. The van der Waals surface area contributed by atoms with Gasteiger partial charge in [-0.2, -0.15) is 0 Å². The van der Waals surface area contributed by atoms with Gasteiger partial charge in [0.2, 0.25) is 0 Å². The van der Waals surface area contributed by atoms with Gasteiger partial charge in [-0.3, -0.25) is 4.79 Å². The Labute approximate surface area is 158 Å². The van der Waals surface area contributed by atoms with Crippen LogP contribution in [0.5, 0.6) is 0 Å². The first-order valence-corrected chi connectivity index (χ1v) is 9.29. The van der Waals surface area contributed by atoms with E-state index in [2.05, 4.69) is 15.0 Å². The van der Waals surface area contributed by atoms with E-state index >= 15 is 0 Å². The van der Waals surface area contributed by atoms with Gasteiger partial charge in [0, 0.05) is 50.2 Å². The van der Waals surface area contributed by atoms with Crippen LogP contribution in [-0.4, -0.2) is 43.4 Å². The van der Waals surface area contributed by atoms with Gasteiger partial charge in [-0.1, -0.05) is 30.3 Å². The van der Waals surface area contributed by atoms with Crippen LogP contribution in [0, 0.1) is 6.92 Å². The van der Waals surface area contributed by atoms with Gasteiger partial charge in [0.15, 0.2) is 5.82 Å². The summed E-state index contributed by atoms with van der Waals surface area (Å²) in [7, 11) is 2.00. The maximum Gasteiger partial charge on any atom is 0.257 e. The molecule has 1 unspecified atom stereocenters. The standard InChI is InChI=1S/C21H23N5O/c1-15-18(13-23-19(24-15)16-7-4-3-5-8-16)21(27)26-11-6-9-17(14-26)20-22-10-12-25(20)2/h3-5,7-8,10,12-13,17H,6,9,11,14H2,1-2H3. The number of aromatic nitrogens is 4. The monoisotopic (exact) mass is 361 g/mol. The molecule has 1 aliphatic rings. The maximum absolute atomic E-state index is 13.1. The second-order valence-corrected chi connectivity index (χ2v) is 7.05. The molecule has 0 N–H and O–H groups in total. The van der Waals surface area contributed by atoms with Crippen molar-refractivity contribution in [3.8, 4) is 11.4 Å². The summed E-state index contributed by atoms with van der Waals surface area (Å²) in [6.45, 7) is 3.32. The third-order valence-electron chi connectivity index (χ3n) is 5.17. The first kappa shape index (κ1) is 17.4. The van der Waals surface area contributed by atoms with Gasteiger partial charge in [0.05, 0.1) is 11.3 Å². The minimum atomic E-state index is 0.00557. The minimum absolute atomic E-state index is 0.00557. The Balaban J connectivity index is 1.55. The number of carbonyl (C=O) groups is 1. The predicted molar refractivity (Wildman–Crippen MR) is 103 cm³/mol. The molecule has 0 saturated carbocycles. The molecule has 1 atom stereocenters. The summed E-state index contributed by atoms with van der Waals surface area (Å²) in [5.41, 5.74) is 2.25. The van der Waals surface area contributed by atoms with Gasteiger partial charge in [0.25, 0.3) is 5.91 Å². The summed E-state index contributed by atoms with van der Waals surface area (Å²) in [6, 6.07) is 9.82. The van der Waals surface area contributed by atoms with E-state index in [0.717, 1.165) is 30.8 Å². The van der Waals surface area contributed by atoms with Crippen LogP contribution in [-0.2, 0) is 7.05 Å². The van der Waals surface area contributed by atoms with Crippen molar-refractivity contribution in [3.05, 3.63) is 66.0 Å². The van der Waals surface area contributed by atoms with Crippen LogP contribution in [0.3, 0.4) is 0 Å². The molecule has 138 valence electrons. The summed E-state index contributed by atoms with van der Waals surface area (Å²) in [5.74, 6) is 1.97. The topological polar surface area (TPSA) is 63.9 Å². The van der Waals surface area contributed by atoms with Crippen molar-refractivity contribution in [2.24, 2.45) is 7.05 Å². The first-order valence-electron chi connectivity index (χ1n) is 9.29. The second-order valence-electron chi connectivity index (χ2n) is 7.05. The molecule has 3 aromatic rings. The zero-order chi connectivity index (χ0) is 18.8. The number of hydrogen-bond acceptors (Lipinski definition) is 4. The highest BCUT2D eigenvalue weighted by Crippen LogP contribution is 2.27. The van der Waals surface area contributed by atoms with Crippen LogP contribution in [0.25, 0.3) is 11.4 Å². The van der Waals surface area contributed by atoms with E-state index in [0.29, 0.717) is 23.6 Å². The lowest BCUT2D eigenvalue weighted by atomic mass is 9.96. The molecule has 27 heavy (non-hydrogen) atoms. The quantitative estimate of drug-likeness (QED) is 0.719. The van der Waals surface area contributed by atoms with Gasteiger partial charge in [0.1, 0.15) is 5.82 Å². The number of hydrogen-bond donors (Lipinski definition) is 0. The Morgan fingerprint density at radius 1 is 1.19 bits per heavy atom. The van der Waals surface area contributed by atoms with Crippen molar-refractivity contribution in [2.75, 3.05) is 13.1 Å². The summed E-state index contributed by atoms with van der Waals surface area (Å²) in [5, 5.41) is 0. The SMILES string of the molecule is Cc1nc(-c2ccccc2)ncc1C(=O)N1CCCC(c2nccn2C)C1. The summed E-state index contributed by atoms with van der Waals surface area (Å²) in [6.07, 6.45) is 7.46. The number of amides is 1. The normalized spacial score (nSPS) is 17.1. The summed E-state index contributed by atoms with van der Waals surface area (Å²) >= 11 is 0. The number of aryl methyl sites for hydroxylation is 2. The van der Waals surface area contributed by atoms with E-state index < -0.39 is 0 Å². The molecule has 0 bridgehead atoms. The van der Waals surface area contributed by atoms with Crippen molar-refractivity contribution >= 4 is 5.91 Å². The zero-order valence-corrected chi connectivity index (χ0v) is 15.7. The van der Waals surface area contributed by atoms with Crippen LogP contribution in [0.4, 0.5) is 0 Å². The lowest BCUT2D eigenvalue weighted by Crippen LogP contribution is -2.40. The van der Waals surface area contributed by atoms with Crippen LogP contribution in [0.2, 0.25) is 0 Å². The van der Waals surface area contributed by atoms with E-state index in [1.807, 2.05) is 66.2 Å². The number of benzene rings is 1. The molecule has 6 heteroatoms. The molecule has 1 aliphatic heterocycles. The number of likely N-dealkylation sites (tertiary alicyclic amines) is 1. The van der Waals surface area contributed by atoms with E-state index in [4.69, 9.17) is 0 Å². The Bertz CT molecular complexity index is 950. The van der Waals surface area contributed by atoms with Crippen LogP contribution in [0.1, 0.15) is 40.6 Å². The molecule has 1 amide bonds. The number of imidazole rings is 1. The molecule has 2 aromatic heterocycles. The van der Waals surface area contributed by atoms with Crippen molar-refractivity contribution in [1.29, 1.82) is 0 Å². The number of nitrogens with zero attached hydrogens (tertiary/aromatic N) is 5. The van der Waals surface area contributed by atoms with E-state index in [1.54, 1.807) is 6.20 Å². The molecular weight excluding hydrogens is 338 g/mol. The van der Waals surface area contributed by atoms with E-state index in [1.165, 1.54) is 0 Å². The highest BCUT2D eigenvalue weighted by Gasteiger charge is 2.28.